The molecule has 0 radical (unpaired) electrons. The molecule has 3 fully saturated rings. The summed E-state index contributed by atoms with van der Waals surface area (Å²) in [4.78, 5) is 5.53. The molecule has 4 rings (SSSR count). The molecule has 0 N–H and O–H groups in total. The summed E-state index contributed by atoms with van der Waals surface area (Å²) in [6.45, 7) is 6.54. The fraction of sp³-hybridized carbons (Fsp3) is 0.684. The van der Waals surface area contributed by atoms with Crippen LogP contribution in [0.1, 0.15) is 37.7 Å². The lowest BCUT2D eigenvalue weighted by molar-refractivity contribution is 0.142. The van der Waals surface area contributed by atoms with Gasteiger partial charge in [-0.15, -0.1) is 0 Å². The highest BCUT2D eigenvalue weighted by molar-refractivity contribution is 5.14. The summed E-state index contributed by atoms with van der Waals surface area (Å²) < 4.78 is 0. The molecule has 0 amide bonds. The minimum absolute atomic E-state index is 0.929. The van der Waals surface area contributed by atoms with Crippen LogP contribution in [0, 0.1) is 11.8 Å². The molecule has 0 spiro atoms. The van der Waals surface area contributed by atoms with Crippen LogP contribution in [0.5, 0.6) is 0 Å². The van der Waals surface area contributed by atoms with Crippen molar-refractivity contribution in [3.05, 3.63) is 35.9 Å². The van der Waals surface area contributed by atoms with E-state index in [1.54, 1.807) is 0 Å². The van der Waals surface area contributed by atoms with E-state index in [2.05, 4.69) is 40.1 Å². The number of nitrogens with zero attached hydrogens (tertiary/aromatic N) is 2. The predicted molar refractivity (Wildman–Crippen MR) is 87.1 cm³/mol. The number of rotatable bonds is 3. The van der Waals surface area contributed by atoms with Crippen molar-refractivity contribution in [2.45, 2.75) is 44.7 Å². The zero-order valence-electron chi connectivity index (χ0n) is 13.1. The molecule has 2 aliphatic heterocycles. The second kappa shape index (κ2) is 6.10. The molecular weight excluding hydrogens is 256 g/mol. The maximum absolute atomic E-state index is 2.84. The molecule has 21 heavy (non-hydrogen) atoms. The molecular formula is C19H28N2. The molecule has 1 aromatic carbocycles. The average Bonchev–Trinajstić information content (AvgIpc) is 3.17. The summed E-state index contributed by atoms with van der Waals surface area (Å²) >= 11 is 0. The van der Waals surface area contributed by atoms with Gasteiger partial charge in [-0.05, 0) is 43.2 Å². The highest BCUT2D eigenvalue weighted by Gasteiger charge is 2.39. The Labute approximate surface area is 129 Å². The summed E-state index contributed by atoms with van der Waals surface area (Å²) in [5.41, 5.74) is 1.47. The Morgan fingerprint density at radius 2 is 1.62 bits per heavy atom. The molecule has 2 unspecified atom stereocenters. The maximum atomic E-state index is 2.84. The van der Waals surface area contributed by atoms with Crippen molar-refractivity contribution in [3.63, 3.8) is 0 Å². The molecule has 2 heteroatoms. The highest BCUT2D eigenvalue weighted by atomic mass is 15.2. The minimum Gasteiger partial charge on any atom is -0.300 e. The topological polar surface area (TPSA) is 6.48 Å². The summed E-state index contributed by atoms with van der Waals surface area (Å²) in [5, 5.41) is 0. The molecule has 2 heterocycles. The monoisotopic (exact) mass is 284 g/mol. The Morgan fingerprint density at radius 1 is 0.857 bits per heavy atom. The van der Waals surface area contributed by atoms with E-state index in [4.69, 9.17) is 0 Å². The number of fused-ring (bicyclic) bond motifs is 1. The van der Waals surface area contributed by atoms with Crippen LogP contribution in [0.2, 0.25) is 0 Å². The van der Waals surface area contributed by atoms with Crippen LogP contribution in [0.15, 0.2) is 30.3 Å². The second-order valence-corrected chi connectivity index (χ2v) is 7.42. The summed E-state index contributed by atoms with van der Waals surface area (Å²) in [7, 11) is 0. The maximum Gasteiger partial charge on any atom is 0.0233 e. The lowest BCUT2D eigenvalue weighted by atomic mass is 9.88. The van der Waals surface area contributed by atoms with Crippen LogP contribution < -0.4 is 0 Å². The average molecular weight is 284 g/mol. The van der Waals surface area contributed by atoms with Crippen molar-refractivity contribution in [1.82, 2.24) is 9.80 Å². The Morgan fingerprint density at radius 3 is 2.43 bits per heavy atom. The van der Waals surface area contributed by atoms with Crippen LogP contribution in [0.25, 0.3) is 0 Å². The van der Waals surface area contributed by atoms with Gasteiger partial charge in [0.1, 0.15) is 0 Å². The van der Waals surface area contributed by atoms with Crippen molar-refractivity contribution >= 4 is 0 Å². The van der Waals surface area contributed by atoms with Crippen LogP contribution >= 0.6 is 0 Å². The zero-order chi connectivity index (χ0) is 14.1. The number of piperidine rings is 1. The predicted octanol–water partition coefficient (Wildman–Crippen LogP) is 3.38. The van der Waals surface area contributed by atoms with E-state index in [0.29, 0.717) is 0 Å². The first-order valence-corrected chi connectivity index (χ1v) is 8.89. The van der Waals surface area contributed by atoms with E-state index >= 15 is 0 Å². The molecule has 2 atom stereocenters. The van der Waals surface area contributed by atoms with Gasteiger partial charge >= 0.3 is 0 Å². The third-order valence-electron chi connectivity index (χ3n) is 6.00. The largest absolute Gasteiger partial charge is 0.300 e. The van der Waals surface area contributed by atoms with Gasteiger partial charge in [-0.1, -0.05) is 43.2 Å². The fourth-order valence-corrected chi connectivity index (χ4v) is 4.83. The Hall–Kier alpha value is -0.860. The van der Waals surface area contributed by atoms with Gasteiger partial charge in [-0.3, -0.25) is 9.80 Å². The van der Waals surface area contributed by atoms with Crippen LogP contribution in [0.3, 0.4) is 0 Å². The molecule has 2 saturated heterocycles. The van der Waals surface area contributed by atoms with E-state index in [1.807, 2.05) is 0 Å². The molecule has 114 valence electrons. The van der Waals surface area contributed by atoms with Crippen LogP contribution in [-0.4, -0.2) is 42.0 Å². The lowest BCUT2D eigenvalue weighted by Crippen LogP contribution is -2.39. The zero-order valence-corrected chi connectivity index (χ0v) is 13.1. The molecule has 2 nitrogen and oxygen atoms in total. The standard InChI is InChI=1S/C19H28N2/c1-2-6-16(7-3-1)12-20-11-10-17-14-21(15-18(17)13-20)19-8-4-5-9-19/h1-3,6-7,17-19H,4-5,8-15H2. The number of benzene rings is 1. The number of hydrogen-bond acceptors (Lipinski definition) is 2. The first-order chi connectivity index (χ1) is 10.4. The van der Waals surface area contributed by atoms with Crippen LogP contribution in [0.4, 0.5) is 0 Å². The van der Waals surface area contributed by atoms with Gasteiger partial charge in [0, 0.05) is 32.2 Å². The third-order valence-corrected chi connectivity index (χ3v) is 6.00. The molecule has 0 aromatic heterocycles. The Bertz CT molecular complexity index is 452. The SMILES string of the molecule is c1ccc(CN2CCC3CN(C4CCCC4)CC3C2)cc1. The smallest absolute Gasteiger partial charge is 0.0233 e. The molecule has 1 aromatic rings. The van der Waals surface area contributed by atoms with E-state index in [1.165, 1.54) is 63.8 Å². The van der Waals surface area contributed by atoms with Gasteiger partial charge in [0.05, 0.1) is 0 Å². The van der Waals surface area contributed by atoms with E-state index in [9.17, 15) is 0 Å². The molecule has 1 aliphatic carbocycles. The summed E-state index contributed by atoms with van der Waals surface area (Å²) in [6.07, 6.45) is 7.29. The highest BCUT2D eigenvalue weighted by Crippen LogP contribution is 2.36. The van der Waals surface area contributed by atoms with Gasteiger partial charge in [-0.2, -0.15) is 0 Å². The first kappa shape index (κ1) is 13.8. The Kier molecular flexibility index (Phi) is 4.00. The van der Waals surface area contributed by atoms with Crippen molar-refractivity contribution in [3.8, 4) is 0 Å². The van der Waals surface area contributed by atoms with Crippen molar-refractivity contribution in [2.75, 3.05) is 26.2 Å². The quantitative estimate of drug-likeness (QED) is 0.839. The summed E-state index contributed by atoms with van der Waals surface area (Å²) in [6, 6.07) is 11.9. The number of hydrogen-bond donors (Lipinski definition) is 0. The van der Waals surface area contributed by atoms with Gasteiger partial charge < -0.3 is 0 Å². The first-order valence-electron chi connectivity index (χ1n) is 8.89. The second-order valence-electron chi connectivity index (χ2n) is 7.42. The fourth-order valence-electron chi connectivity index (χ4n) is 4.83. The van der Waals surface area contributed by atoms with Crippen LogP contribution in [-0.2, 0) is 6.54 Å². The van der Waals surface area contributed by atoms with Gasteiger partial charge in [0.15, 0.2) is 0 Å². The third kappa shape index (κ3) is 3.02. The van der Waals surface area contributed by atoms with Crippen molar-refractivity contribution < 1.29 is 0 Å². The Balaban J connectivity index is 1.34. The normalized spacial score (nSPS) is 31.6. The molecule has 3 aliphatic rings. The van der Waals surface area contributed by atoms with E-state index in [-0.39, 0.29) is 0 Å². The van der Waals surface area contributed by atoms with Crippen molar-refractivity contribution in [2.24, 2.45) is 11.8 Å². The lowest BCUT2D eigenvalue weighted by Gasteiger charge is -2.34. The minimum atomic E-state index is 0.929. The van der Waals surface area contributed by atoms with Gasteiger partial charge in [0.2, 0.25) is 0 Å². The van der Waals surface area contributed by atoms with Gasteiger partial charge in [-0.25, -0.2) is 0 Å². The van der Waals surface area contributed by atoms with Gasteiger partial charge in [0.25, 0.3) is 0 Å². The molecule has 0 bridgehead atoms. The van der Waals surface area contributed by atoms with Crippen molar-refractivity contribution in [1.29, 1.82) is 0 Å². The van der Waals surface area contributed by atoms with E-state index < -0.39 is 0 Å². The van der Waals surface area contributed by atoms with E-state index in [0.717, 1.165) is 24.4 Å². The molecule has 1 saturated carbocycles. The summed E-state index contributed by atoms with van der Waals surface area (Å²) in [5.74, 6) is 1.92. The number of likely N-dealkylation sites (tertiary alicyclic amines) is 2.